The van der Waals surface area contributed by atoms with Gasteiger partial charge in [0, 0.05) is 23.4 Å². The molecule has 0 amide bonds. The van der Waals surface area contributed by atoms with Gasteiger partial charge >= 0.3 is 0 Å². The van der Waals surface area contributed by atoms with Crippen LogP contribution >= 0.6 is 15.9 Å². The van der Waals surface area contributed by atoms with Crippen LogP contribution in [0.2, 0.25) is 0 Å². The maximum Gasteiger partial charge on any atom is 0.257 e. The van der Waals surface area contributed by atoms with E-state index in [-0.39, 0.29) is 12.2 Å². The smallest absolute Gasteiger partial charge is 0.257 e. The summed E-state index contributed by atoms with van der Waals surface area (Å²) in [6, 6.07) is 8.22. The molecule has 1 fully saturated rings. The van der Waals surface area contributed by atoms with Crippen molar-refractivity contribution in [3.05, 3.63) is 46.7 Å². The molecule has 1 aliphatic heterocycles. The first-order valence-electron chi connectivity index (χ1n) is 7.73. The van der Waals surface area contributed by atoms with E-state index in [2.05, 4.69) is 42.9 Å². The van der Waals surface area contributed by atoms with Crippen molar-refractivity contribution in [2.45, 2.75) is 26.1 Å². The number of hydrogen-bond acceptors (Lipinski definition) is 5. The first-order chi connectivity index (χ1) is 11.1. The summed E-state index contributed by atoms with van der Waals surface area (Å²) in [5.41, 5.74) is 1.15. The van der Waals surface area contributed by atoms with Gasteiger partial charge in [-0.25, -0.2) is 9.97 Å². The molecule has 0 spiro atoms. The fourth-order valence-corrected chi connectivity index (χ4v) is 3.01. The molecule has 1 atom stereocenters. The Bertz CT molecular complexity index is 666. The molecule has 2 aromatic rings. The van der Waals surface area contributed by atoms with E-state index in [1.54, 1.807) is 12.4 Å². The van der Waals surface area contributed by atoms with E-state index in [0.717, 1.165) is 28.9 Å². The molecule has 1 unspecified atom stereocenters. The molecule has 23 heavy (non-hydrogen) atoms. The molecule has 5 nitrogen and oxygen atoms in total. The molecule has 1 aromatic heterocycles. The molecule has 0 aliphatic carbocycles. The van der Waals surface area contributed by atoms with E-state index in [9.17, 15) is 0 Å². The van der Waals surface area contributed by atoms with Gasteiger partial charge in [-0.3, -0.25) is 0 Å². The summed E-state index contributed by atoms with van der Waals surface area (Å²) >= 11 is 3.52. The summed E-state index contributed by atoms with van der Waals surface area (Å²) in [5.74, 6) is 1.36. The molecule has 0 saturated carbocycles. The van der Waals surface area contributed by atoms with Gasteiger partial charge in [0.1, 0.15) is 6.10 Å². The van der Waals surface area contributed by atoms with Crippen molar-refractivity contribution >= 4 is 21.7 Å². The van der Waals surface area contributed by atoms with Gasteiger partial charge in [0.05, 0.1) is 19.3 Å². The molecule has 6 heteroatoms. The standard InChI is InChI=1S/C17H20BrN3O2/c1-12(2)23-17-16(19-6-7-20-17)21-8-9-22-15(11-21)13-4-3-5-14(18)10-13/h3-7,10,12,15H,8-9,11H2,1-2H3. The predicted molar refractivity (Wildman–Crippen MR) is 92.8 cm³/mol. The Kier molecular flexibility index (Phi) is 5.13. The van der Waals surface area contributed by atoms with Crippen LogP contribution in [0.25, 0.3) is 0 Å². The van der Waals surface area contributed by atoms with Gasteiger partial charge in [0.2, 0.25) is 0 Å². The normalized spacial score (nSPS) is 18.3. The van der Waals surface area contributed by atoms with E-state index >= 15 is 0 Å². The van der Waals surface area contributed by atoms with Crippen molar-refractivity contribution in [2.75, 3.05) is 24.6 Å². The van der Waals surface area contributed by atoms with Gasteiger partial charge in [-0.05, 0) is 31.5 Å². The number of ether oxygens (including phenoxy) is 2. The molecule has 3 rings (SSSR count). The molecular formula is C17H20BrN3O2. The highest BCUT2D eigenvalue weighted by molar-refractivity contribution is 9.10. The number of nitrogens with zero attached hydrogens (tertiary/aromatic N) is 3. The minimum atomic E-state index is 0.00940. The maximum absolute atomic E-state index is 5.94. The van der Waals surface area contributed by atoms with Crippen LogP contribution in [-0.2, 0) is 4.74 Å². The summed E-state index contributed by atoms with van der Waals surface area (Å²) in [7, 11) is 0. The lowest BCUT2D eigenvalue weighted by molar-refractivity contribution is 0.0391. The monoisotopic (exact) mass is 377 g/mol. The highest BCUT2D eigenvalue weighted by Crippen LogP contribution is 2.30. The Balaban J connectivity index is 1.81. The minimum Gasteiger partial charge on any atom is -0.472 e. The van der Waals surface area contributed by atoms with E-state index < -0.39 is 0 Å². The third-order valence-electron chi connectivity index (χ3n) is 3.58. The largest absolute Gasteiger partial charge is 0.472 e. The fourth-order valence-electron chi connectivity index (χ4n) is 2.59. The molecular weight excluding hydrogens is 358 g/mol. The van der Waals surface area contributed by atoms with Gasteiger partial charge in [-0.1, -0.05) is 28.1 Å². The number of anilines is 1. The van der Waals surface area contributed by atoms with Crippen molar-refractivity contribution < 1.29 is 9.47 Å². The number of halogens is 1. The number of morpholine rings is 1. The van der Waals surface area contributed by atoms with Gasteiger partial charge in [0.15, 0.2) is 5.82 Å². The van der Waals surface area contributed by atoms with Crippen molar-refractivity contribution in [3.8, 4) is 5.88 Å². The summed E-state index contributed by atoms with van der Waals surface area (Å²) in [6.45, 7) is 6.13. The highest BCUT2D eigenvalue weighted by Gasteiger charge is 2.25. The molecule has 2 heterocycles. The Morgan fingerprint density at radius 1 is 1.30 bits per heavy atom. The lowest BCUT2D eigenvalue weighted by Gasteiger charge is -2.34. The molecule has 0 radical (unpaired) electrons. The maximum atomic E-state index is 5.94. The second-order valence-electron chi connectivity index (χ2n) is 5.71. The van der Waals surface area contributed by atoms with Crippen LogP contribution in [0, 0.1) is 0 Å². The first kappa shape index (κ1) is 16.2. The average molecular weight is 378 g/mol. The fraction of sp³-hybridized carbons (Fsp3) is 0.412. The zero-order valence-corrected chi connectivity index (χ0v) is 14.9. The third-order valence-corrected chi connectivity index (χ3v) is 4.07. The molecule has 0 N–H and O–H groups in total. The van der Waals surface area contributed by atoms with Crippen LogP contribution in [0.1, 0.15) is 25.5 Å². The summed E-state index contributed by atoms with van der Waals surface area (Å²) in [6.07, 6.45) is 3.43. The minimum absolute atomic E-state index is 0.00940. The summed E-state index contributed by atoms with van der Waals surface area (Å²) in [4.78, 5) is 11.0. The number of rotatable bonds is 4. The Morgan fingerprint density at radius 2 is 2.13 bits per heavy atom. The average Bonchev–Trinajstić information content (AvgIpc) is 2.55. The van der Waals surface area contributed by atoms with Gasteiger partial charge in [0.25, 0.3) is 5.88 Å². The summed E-state index contributed by atoms with van der Waals surface area (Å²) in [5, 5.41) is 0. The molecule has 1 aliphatic rings. The van der Waals surface area contributed by atoms with E-state index in [1.807, 2.05) is 26.0 Å². The van der Waals surface area contributed by atoms with Crippen molar-refractivity contribution in [3.63, 3.8) is 0 Å². The van der Waals surface area contributed by atoms with E-state index in [0.29, 0.717) is 12.5 Å². The lowest BCUT2D eigenvalue weighted by Crippen LogP contribution is -2.39. The van der Waals surface area contributed by atoms with Crippen molar-refractivity contribution in [2.24, 2.45) is 0 Å². The van der Waals surface area contributed by atoms with Crippen LogP contribution in [0.3, 0.4) is 0 Å². The van der Waals surface area contributed by atoms with E-state index in [4.69, 9.17) is 9.47 Å². The number of aromatic nitrogens is 2. The molecule has 0 bridgehead atoms. The SMILES string of the molecule is CC(C)Oc1nccnc1N1CCOC(c2cccc(Br)c2)C1. The van der Waals surface area contributed by atoms with E-state index in [1.165, 1.54) is 0 Å². The third kappa shape index (κ3) is 4.00. The van der Waals surface area contributed by atoms with Crippen LogP contribution in [0.4, 0.5) is 5.82 Å². The predicted octanol–water partition coefficient (Wildman–Crippen LogP) is 3.60. The Morgan fingerprint density at radius 3 is 2.91 bits per heavy atom. The zero-order valence-electron chi connectivity index (χ0n) is 13.3. The Hall–Kier alpha value is -1.66. The molecule has 1 aromatic carbocycles. The summed E-state index contributed by atoms with van der Waals surface area (Å²) < 4.78 is 12.8. The second kappa shape index (κ2) is 7.27. The van der Waals surface area contributed by atoms with Gasteiger partial charge in [-0.2, -0.15) is 0 Å². The number of hydrogen-bond donors (Lipinski definition) is 0. The quantitative estimate of drug-likeness (QED) is 0.814. The van der Waals surface area contributed by atoms with Crippen molar-refractivity contribution in [1.29, 1.82) is 0 Å². The lowest BCUT2D eigenvalue weighted by atomic mass is 10.1. The van der Waals surface area contributed by atoms with Crippen LogP contribution in [0.5, 0.6) is 5.88 Å². The van der Waals surface area contributed by atoms with Crippen LogP contribution < -0.4 is 9.64 Å². The van der Waals surface area contributed by atoms with Gasteiger partial charge < -0.3 is 14.4 Å². The second-order valence-corrected chi connectivity index (χ2v) is 6.63. The van der Waals surface area contributed by atoms with Crippen LogP contribution in [-0.4, -0.2) is 35.8 Å². The van der Waals surface area contributed by atoms with Crippen molar-refractivity contribution in [1.82, 2.24) is 9.97 Å². The van der Waals surface area contributed by atoms with Gasteiger partial charge in [-0.15, -0.1) is 0 Å². The topological polar surface area (TPSA) is 47.5 Å². The zero-order chi connectivity index (χ0) is 16.2. The molecule has 122 valence electrons. The highest BCUT2D eigenvalue weighted by atomic mass is 79.9. The van der Waals surface area contributed by atoms with Crippen LogP contribution in [0.15, 0.2) is 41.1 Å². The Labute approximate surface area is 144 Å². The number of benzene rings is 1. The molecule has 1 saturated heterocycles. The first-order valence-corrected chi connectivity index (χ1v) is 8.52.